The number of nitrogens with zero attached hydrogens (tertiary/aromatic N) is 2. The lowest BCUT2D eigenvalue weighted by Crippen LogP contribution is -2.55. The second kappa shape index (κ2) is 7.57. The van der Waals surface area contributed by atoms with E-state index in [0.29, 0.717) is 13.1 Å². The highest BCUT2D eigenvalue weighted by atomic mass is 19.1. The lowest BCUT2D eigenvalue weighted by molar-refractivity contribution is 0.0499. The van der Waals surface area contributed by atoms with E-state index in [1.54, 1.807) is 0 Å². The lowest BCUT2D eigenvalue weighted by atomic mass is 9.96. The van der Waals surface area contributed by atoms with Gasteiger partial charge in [-0.1, -0.05) is 12.1 Å². The van der Waals surface area contributed by atoms with E-state index >= 15 is 4.39 Å². The number of hydrogen-bond acceptors (Lipinski definition) is 4. The Labute approximate surface area is 164 Å². The molecule has 0 saturated carbocycles. The van der Waals surface area contributed by atoms with E-state index in [2.05, 4.69) is 0 Å². The number of ether oxygens (including phenoxy) is 1. The van der Waals surface area contributed by atoms with Gasteiger partial charge in [0.2, 0.25) is 0 Å². The molecule has 0 unspecified atom stereocenters. The van der Waals surface area contributed by atoms with Crippen LogP contribution >= 0.6 is 0 Å². The molecule has 0 radical (unpaired) electrons. The molecule has 154 valence electrons. The second-order valence-electron chi connectivity index (χ2n) is 7.13. The Morgan fingerprint density at radius 2 is 1.97 bits per heavy atom. The van der Waals surface area contributed by atoms with Gasteiger partial charge in [0.25, 0.3) is 0 Å². The molecule has 0 spiro atoms. The van der Waals surface area contributed by atoms with Gasteiger partial charge in [0.05, 0.1) is 18.2 Å². The molecule has 2 aliphatic heterocycles. The summed E-state index contributed by atoms with van der Waals surface area (Å²) in [5.74, 6) is -3.01. The van der Waals surface area contributed by atoms with Crippen molar-refractivity contribution in [3.63, 3.8) is 0 Å². The molecule has 2 heterocycles. The summed E-state index contributed by atoms with van der Waals surface area (Å²) in [5.41, 5.74) is -0.587. The molecule has 4 rings (SSSR count). The van der Waals surface area contributed by atoms with Gasteiger partial charge in [-0.25, -0.2) is 18.0 Å². The summed E-state index contributed by atoms with van der Waals surface area (Å²) in [5, 5.41) is 18.7. The third-order valence-electron chi connectivity index (χ3n) is 5.44. The molecule has 2 aromatic rings. The van der Waals surface area contributed by atoms with Gasteiger partial charge >= 0.3 is 6.09 Å². The van der Waals surface area contributed by atoms with Crippen molar-refractivity contribution in [2.45, 2.75) is 19.2 Å². The summed E-state index contributed by atoms with van der Waals surface area (Å²) < 4.78 is 50.2. The summed E-state index contributed by atoms with van der Waals surface area (Å²) in [6.45, 7) is 0.522. The fraction of sp³-hybridized carbons (Fsp3) is 0.350. The molecule has 0 bridgehead atoms. The van der Waals surface area contributed by atoms with E-state index in [0.717, 1.165) is 12.1 Å². The molecule has 6 nitrogen and oxygen atoms in total. The summed E-state index contributed by atoms with van der Waals surface area (Å²) in [6, 6.07) is 4.63. The van der Waals surface area contributed by atoms with Crippen molar-refractivity contribution in [2.24, 2.45) is 0 Å². The first-order valence-corrected chi connectivity index (χ1v) is 9.15. The average molecular weight is 408 g/mol. The maximum absolute atomic E-state index is 15.3. The van der Waals surface area contributed by atoms with Crippen LogP contribution in [0.25, 0.3) is 11.1 Å². The SMILES string of the molecule is O=C(O)N1CCN2Cc3cc(F)c(-c4c(F)cccc4CO)c(F)c3OC[C@H]2C1. The van der Waals surface area contributed by atoms with Gasteiger partial charge in [-0.2, -0.15) is 0 Å². The first-order valence-electron chi connectivity index (χ1n) is 9.15. The predicted molar refractivity (Wildman–Crippen MR) is 97.0 cm³/mol. The zero-order valence-electron chi connectivity index (χ0n) is 15.4. The first kappa shape index (κ1) is 19.5. The first-order chi connectivity index (χ1) is 13.9. The maximum Gasteiger partial charge on any atom is 0.407 e. The molecular weight excluding hydrogens is 389 g/mol. The summed E-state index contributed by atoms with van der Waals surface area (Å²) in [6.07, 6.45) is -1.04. The highest BCUT2D eigenvalue weighted by Crippen LogP contribution is 2.39. The van der Waals surface area contributed by atoms with Crippen molar-refractivity contribution in [3.8, 4) is 16.9 Å². The monoisotopic (exact) mass is 408 g/mol. The Kier molecular flexibility index (Phi) is 5.10. The van der Waals surface area contributed by atoms with Gasteiger partial charge in [-0.3, -0.25) is 4.90 Å². The zero-order chi connectivity index (χ0) is 20.7. The highest BCUT2D eigenvalue weighted by Gasteiger charge is 2.35. The number of carboxylic acid groups (broad SMARTS) is 1. The quantitative estimate of drug-likeness (QED) is 0.800. The molecule has 1 amide bonds. The lowest BCUT2D eigenvalue weighted by Gasteiger charge is -2.38. The number of rotatable bonds is 2. The van der Waals surface area contributed by atoms with Crippen LogP contribution in [0.1, 0.15) is 11.1 Å². The average Bonchev–Trinajstić information content (AvgIpc) is 2.87. The van der Waals surface area contributed by atoms with Crippen LogP contribution in [-0.4, -0.2) is 58.4 Å². The van der Waals surface area contributed by atoms with E-state index in [9.17, 15) is 23.8 Å². The molecule has 29 heavy (non-hydrogen) atoms. The van der Waals surface area contributed by atoms with E-state index in [1.165, 1.54) is 17.0 Å². The number of aliphatic hydroxyl groups is 1. The number of carbonyl (C=O) groups is 1. The van der Waals surface area contributed by atoms with Crippen molar-refractivity contribution in [1.29, 1.82) is 0 Å². The number of fused-ring (bicyclic) bond motifs is 2. The molecule has 2 N–H and O–H groups in total. The van der Waals surface area contributed by atoms with Gasteiger partial charge in [0.15, 0.2) is 11.6 Å². The van der Waals surface area contributed by atoms with Gasteiger partial charge < -0.3 is 19.8 Å². The van der Waals surface area contributed by atoms with Crippen molar-refractivity contribution in [1.82, 2.24) is 9.80 Å². The van der Waals surface area contributed by atoms with E-state index < -0.39 is 35.7 Å². The van der Waals surface area contributed by atoms with Crippen LogP contribution in [0.4, 0.5) is 18.0 Å². The van der Waals surface area contributed by atoms with E-state index in [1.807, 2.05) is 4.90 Å². The normalized spacial score (nSPS) is 19.2. The van der Waals surface area contributed by atoms with Crippen LogP contribution in [-0.2, 0) is 13.2 Å². The Bertz CT molecular complexity index is 969. The van der Waals surface area contributed by atoms with Crippen molar-refractivity contribution in [3.05, 3.63) is 52.8 Å². The number of benzene rings is 2. The van der Waals surface area contributed by atoms with E-state index in [4.69, 9.17) is 4.74 Å². The fourth-order valence-corrected chi connectivity index (χ4v) is 3.96. The molecule has 1 atom stereocenters. The third-order valence-corrected chi connectivity index (χ3v) is 5.44. The molecule has 1 saturated heterocycles. The summed E-state index contributed by atoms with van der Waals surface area (Å²) in [4.78, 5) is 14.4. The van der Waals surface area contributed by atoms with Crippen LogP contribution in [0.5, 0.6) is 5.75 Å². The molecule has 0 aliphatic carbocycles. The van der Waals surface area contributed by atoms with Gasteiger partial charge in [-0.15, -0.1) is 0 Å². The third kappa shape index (κ3) is 3.40. The van der Waals surface area contributed by atoms with Crippen molar-refractivity contribution < 1.29 is 32.9 Å². The summed E-state index contributed by atoms with van der Waals surface area (Å²) >= 11 is 0. The van der Waals surface area contributed by atoms with Crippen LogP contribution in [0, 0.1) is 17.5 Å². The standard InChI is InChI=1S/C20H19F3N2O4/c21-14-3-1-2-11(9-26)16(14)17-15(22)6-12-7-24-4-5-25(20(27)28)8-13(24)10-29-19(12)18(17)23/h1-3,6,13,26H,4-5,7-10H2,(H,27,28)/t13-/m1/s1. The highest BCUT2D eigenvalue weighted by molar-refractivity contribution is 5.72. The minimum Gasteiger partial charge on any atom is -0.488 e. The predicted octanol–water partition coefficient (Wildman–Crippen LogP) is 2.82. The van der Waals surface area contributed by atoms with Crippen molar-refractivity contribution in [2.75, 3.05) is 26.2 Å². The van der Waals surface area contributed by atoms with Crippen LogP contribution in [0.3, 0.4) is 0 Å². The molecule has 1 fully saturated rings. The van der Waals surface area contributed by atoms with Crippen molar-refractivity contribution >= 4 is 6.09 Å². The topological polar surface area (TPSA) is 73.2 Å². The van der Waals surface area contributed by atoms with E-state index in [-0.39, 0.29) is 48.2 Å². The Morgan fingerprint density at radius 1 is 1.17 bits per heavy atom. The van der Waals surface area contributed by atoms with Crippen LogP contribution in [0.2, 0.25) is 0 Å². The number of hydrogen-bond donors (Lipinski definition) is 2. The van der Waals surface area contributed by atoms with Gasteiger partial charge in [0.1, 0.15) is 18.2 Å². The number of piperazine rings is 1. The zero-order valence-corrected chi connectivity index (χ0v) is 15.4. The summed E-state index contributed by atoms with van der Waals surface area (Å²) in [7, 11) is 0. The molecule has 2 aromatic carbocycles. The molecule has 0 aromatic heterocycles. The Morgan fingerprint density at radius 3 is 2.69 bits per heavy atom. The number of halogens is 3. The smallest absolute Gasteiger partial charge is 0.407 e. The minimum atomic E-state index is -1.04. The Hall–Kier alpha value is -2.78. The number of aliphatic hydroxyl groups excluding tert-OH is 1. The maximum atomic E-state index is 15.3. The fourth-order valence-electron chi connectivity index (χ4n) is 3.96. The van der Waals surface area contributed by atoms with Crippen LogP contribution in [0.15, 0.2) is 24.3 Å². The molecule has 2 aliphatic rings. The second-order valence-corrected chi connectivity index (χ2v) is 7.13. The molecule has 9 heteroatoms. The van der Waals surface area contributed by atoms with Crippen LogP contribution < -0.4 is 4.74 Å². The van der Waals surface area contributed by atoms with Gasteiger partial charge in [0, 0.05) is 37.3 Å². The van der Waals surface area contributed by atoms with Gasteiger partial charge in [-0.05, 0) is 17.7 Å². The number of amides is 1. The Balaban J connectivity index is 1.75. The molecular formula is C20H19F3N2O4. The largest absolute Gasteiger partial charge is 0.488 e. The minimum absolute atomic E-state index is 0.0168.